The van der Waals surface area contributed by atoms with Crippen LogP contribution < -0.4 is 20.1 Å². The third-order valence-corrected chi connectivity index (χ3v) is 7.80. The largest absolute Gasteiger partial charge is 0.483 e. The number of nitrogens with one attached hydrogen (secondary N) is 2. The molecule has 0 aromatic heterocycles. The molecule has 2 N–H and O–H groups in total. The van der Waals surface area contributed by atoms with Gasteiger partial charge < -0.3 is 20.1 Å². The number of aryl methyl sites for hydroxylation is 1. The minimum Gasteiger partial charge on any atom is -0.483 e. The maximum Gasteiger partial charge on any atom is 0.262 e. The first kappa shape index (κ1) is 26.7. The summed E-state index contributed by atoms with van der Waals surface area (Å²) in [5.41, 5.74) is 1.97. The van der Waals surface area contributed by atoms with Gasteiger partial charge in [-0.15, -0.1) is 0 Å². The molecule has 0 atom stereocenters. The zero-order valence-corrected chi connectivity index (χ0v) is 24.1. The Labute approximate surface area is 242 Å². The first-order chi connectivity index (χ1) is 18.9. The lowest BCUT2D eigenvalue weighted by atomic mass is 10.1. The number of benzene rings is 5. The van der Waals surface area contributed by atoms with Gasteiger partial charge in [0.05, 0.1) is 8.95 Å². The van der Waals surface area contributed by atoms with Gasteiger partial charge in [-0.2, -0.15) is 0 Å². The zero-order chi connectivity index (χ0) is 27.4. The van der Waals surface area contributed by atoms with E-state index in [1.54, 1.807) is 12.1 Å². The molecule has 0 aliphatic carbocycles. The zero-order valence-electron chi connectivity index (χ0n) is 21.0. The lowest BCUT2D eigenvalue weighted by Gasteiger charge is -2.14. The number of anilines is 2. The fraction of sp³-hybridized carbons (Fsp3) is 0.0968. The topological polar surface area (TPSA) is 76.7 Å². The Balaban J connectivity index is 1.18. The van der Waals surface area contributed by atoms with Crippen molar-refractivity contribution in [2.45, 2.75) is 6.92 Å². The molecule has 2 amide bonds. The number of fused-ring (bicyclic) bond motifs is 2. The van der Waals surface area contributed by atoms with E-state index in [1.807, 2.05) is 85.8 Å². The first-order valence-electron chi connectivity index (χ1n) is 12.2. The summed E-state index contributed by atoms with van der Waals surface area (Å²) in [6.07, 6.45) is 0. The van der Waals surface area contributed by atoms with Crippen molar-refractivity contribution in [3.63, 3.8) is 0 Å². The molecule has 39 heavy (non-hydrogen) atoms. The Morgan fingerprint density at radius 2 is 1.18 bits per heavy atom. The summed E-state index contributed by atoms with van der Waals surface area (Å²) in [4.78, 5) is 25.3. The van der Waals surface area contributed by atoms with Crippen molar-refractivity contribution >= 4 is 76.6 Å². The third-order valence-electron chi connectivity index (χ3n) is 6.17. The SMILES string of the molecule is Cc1ccc(NC(=O)COc2ccc3ccccc3c2Br)cc1NC(=O)COc1ccc2ccccc2c1Br. The second-order valence-corrected chi connectivity index (χ2v) is 10.5. The normalized spacial score (nSPS) is 10.8. The first-order valence-corrected chi connectivity index (χ1v) is 13.8. The molecule has 0 saturated carbocycles. The number of ether oxygens (including phenoxy) is 2. The van der Waals surface area contributed by atoms with Gasteiger partial charge in [-0.3, -0.25) is 9.59 Å². The minimum atomic E-state index is -0.319. The molecule has 0 aliphatic heterocycles. The highest BCUT2D eigenvalue weighted by atomic mass is 79.9. The number of amides is 2. The van der Waals surface area contributed by atoms with E-state index in [1.165, 1.54) is 0 Å². The predicted molar refractivity (Wildman–Crippen MR) is 163 cm³/mol. The van der Waals surface area contributed by atoms with E-state index in [0.29, 0.717) is 22.9 Å². The van der Waals surface area contributed by atoms with Crippen LogP contribution in [0.4, 0.5) is 11.4 Å². The summed E-state index contributed by atoms with van der Waals surface area (Å²) in [5, 5.41) is 9.85. The van der Waals surface area contributed by atoms with E-state index in [9.17, 15) is 9.59 Å². The lowest BCUT2D eigenvalue weighted by Crippen LogP contribution is -2.22. The molecule has 5 aromatic rings. The van der Waals surface area contributed by atoms with Crippen molar-refractivity contribution in [3.8, 4) is 11.5 Å². The van der Waals surface area contributed by atoms with Crippen molar-refractivity contribution in [2.75, 3.05) is 23.8 Å². The Kier molecular flexibility index (Phi) is 8.14. The fourth-order valence-corrected chi connectivity index (χ4v) is 5.37. The van der Waals surface area contributed by atoms with Crippen molar-refractivity contribution in [1.29, 1.82) is 0 Å². The van der Waals surface area contributed by atoms with Crippen LogP contribution in [0.3, 0.4) is 0 Å². The van der Waals surface area contributed by atoms with Crippen LogP contribution in [0.2, 0.25) is 0 Å². The number of hydrogen-bond acceptors (Lipinski definition) is 4. The smallest absolute Gasteiger partial charge is 0.262 e. The molecule has 5 rings (SSSR count). The summed E-state index contributed by atoms with van der Waals surface area (Å²) in [5.74, 6) is 0.533. The van der Waals surface area contributed by atoms with Crippen molar-refractivity contribution in [1.82, 2.24) is 0 Å². The van der Waals surface area contributed by atoms with Crippen molar-refractivity contribution < 1.29 is 19.1 Å². The summed E-state index contributed by atoms with van der Waals surface area (Å²) in [6.45, 7) is 1.55. The standard InChI is InChI=1S/C31H24Br2N2O4/c1-19-10-13-22(34-28(36)17-38-26-14-11-20-6-2-4-8-23(20)30(26)32)16-25(19)35-29(37)18-39-27-15-12-21-7-3-5-9-24(21)31(27)33/h2-16H,17-18H2,1H3,(H,34,36)(H,35,37). The molecule has 0 spiro atoms. The average Bonchev–Trinajstić information content (AvgIpc) is 2.94. The number of carbonyl (C=O) groups excluding carboxylic acids is 2. The quantitative estimate of drug-likeness (QED) is 0.180. The molecule has 0 radical (unpaired) electrons. The van der Waals surface area contributed by atoms with Gasteiger partial charge in [-0.05, 0) is 90.2 Å². The Bertz CT molecular complexity index is 1700. The van der Waals surface area contributed by atoms with Crippen LogP contribution in [0.1, 0.15) is 5.56 Å². The van der Waals surface area contributed by atoms with Gasteiger partial charge in [-0.25, -0.2) is 0 Å². The van der Waals surface area contributed by atoms with Gasteiger partial charge in [0, 0.05) is 11.4 Å². The second kappa shape index (κ2) is 11.9. The highest BCUT2D eigenvalue weighted by Crippen LogP contribution is 2.34. The summed E-state index contributed by atoms with van der Waals surface area (Å²) >= 11 is 7.15. The maximum absolute atomic E-state index is 12.7. The number of rotatable bonds is 8. The molecule has 5 aromatic carbocycles. The van der Waals surface area contributed by atoms with E-state index in [0.717, 1.165) is 36.1 Å². The summed E-state index contributed by atoms with van der Waals surface area (Å²) in [6, 6.07) is 28.7. The van der Waals surface area contributed by atoms with Crippen LogP contribution in [-0.4, -0.2) is 25.0 Å². The van der Waals surface area contributed by atoms with Gasteiger partial charge in [0.1, 0.15) is 11.5 Å². The number of halogens is 2. The Morgan fingerprint density at radius 3 is 1.74 bits per heavy atom. The highest BCUT2D eigenvalue weighted by Gasteiger charge is 2.12. The molecule has 8 heteroatoms. The minimum absolute atomic E-state index is 0.165. The molecule has 0 bridgehead atoms. The van der Waals surface area contributed by atoms with E-state index in [2.05, 4.69) is 42.5 Å². The molecule has 0 heterocycles. The molecule has 0 fully saturated rings. The van der Waals surface area contributed by atoms with Gasteiger partial charge in [0.2, 0.25) is 0 Å². The molecular formula is C31H24Br2N2O4. The summed E-state index contributed by atoms with van der Waals surface area (Å²) < 4.78 is 13.1. The van der Waals surface area contributed by atoms with E-state index < -0.39 is 0 Å². The van der Waals surface area contributed by atoms with Crippen molar-refractivity contribution in [3.05, 3.63) is 106 Å². The van der Waals surface area contributed by atoms with Crippen LogP contribution in [0.5, 0.6) is 11.5 Å². The fourth-order valence-electron chi connectivity index (χ4n) is 4.15. The average molecular weight is 648 g/mol. The molecular weight excluding hydrogens is 624 g/mol. The van der Waals surface area contributed by atoms with E-state index >= 15 is 0 Å². The third kappa shape index (κ3) is 6.24. The van der Waals surface area contributed by atoms with Gasteiger partial charge in [0.15, 0.2) is 13.2 Å². The van der Waals surface area contributed by atoms with Crippen LogP contribution >= 0.6 is 31.9 Å². The van der Waals surface area contributed by atoms with Gasteiger partial charge >= 0.3 is 0 Å². The number of carbonyl (C=O) groups is 2. The Hall–Kier alpha value is -3.88. The van der Waals surface area contributed by atoms with E-state index in [-0.39, 0.29) is 25.0 Å². The highest BCUT2D eigenvalue weighted by molar-refractivity contribution is 9.11. The molecule has 0 saturated heterocycles. The molecule has 6 nitrogen and oxygen atoms in total. The molecule has 0 unspecified atom stereocenters. The maximum atomic E-state index is 12.7. The molecule has 196 valence electrons. The Morgan fingerprint density at radius 1 is 0.667 bits per heavy atom. The second-order valence-electron chi connectivity index (χ2n) is 8.90. The van der Waals surface area contributed by atoms with E-state index in [4.69, 9.17) is 9.47 Å². The van der Waals surface area contributed by atoms with Crippen LogP contribution in [-0.2, 0) is 9.59 Å². The van der Waals surface area contributed by atoms with Crippen LogP contribution in [0, 0.1) is 6.92 Å². The van der Waals surface area contributed by atoms with Gasteiger partial charge in [0.25, 0.3) is 11.8 Å². The number of hydrogen-bond donors (Lipinski definition) is 2. The predicted octanol–water partition coefficient (Wildman–Crippen LogP) is 7.86. The summed E-state index contributed by atoms with van der Waals surface area (Å²) in [7, 11) is 0. The van der Waals surface area contributed by atoms with Crippen molar-refractivity contribution in [2.24, 2.45) is 0 Å². The lowest BCUT2D eigenvalue weighted by molar-refractivity contribution is -0.118. The van der Waals surface area contributed by atoms with Crippen LogP contribution in [0.15, 0.2) is 99.9 Å². The van der Waals surface area contributed by atoms with Crippen LogP contribution in [0.25, 0.3) is 21.5 Å². The van der Waals surface area contributed by atoms with Gasteiger partial charge in [-0.1, -0.05) is 66.7 Å². The molecule has 0 aliphatic rings. The monoisotopic (exact) mass is 646 g/mol.